The van der Waals surface area contributed by atoms with Crippen molar-refractivity contribution in [3.05, 3.63) is 54.3 Å². The van der Waals surface area contributed by atoms with Gasteiger partial charge in [0.05, 0.1) is 35.7 Å². The predicted octanol–water partition coefficient (Wildman–Crippen LogP) is 4.96. The van der Waals surface area contributed by atoms with Crippen molar-refractivity contribution in [2.24, 2.45) is 0 Å². The molecule has 2 aliphatic rings. The molecule has 2 fully saturated rings. The molecule has 2 aromatic carbocycles. The number of aromatic nitrogens is 2. The van der Waals surface area contributed by atoms with E-state index in [4.69, 9.17) is 19.1 Å². The van der Waals surface area contributed by atoms with Crippen LogP contribution in [0, 0.1) is 25.2 Å². The summed E-state index contributed by atoms with van der Waals surface area (Å²) in [6.45, 7) is 10.5. The molecule has 4 aromatic rings. The lowest BCUT2D eigenvalue weighted by molar-refractivity contribution is -0.128. The van der Waals surface area contributed by atoms with Crippen LogP contribution in [0.1, 0.15) is 30.4 Å². The molecule has 222 valence electrons. The summed E-state index contributed by atoms with van der Waals surface area (Å²) < 4.78 is 12.4. The Balaban J connectivity index is 1.51. The molecule has 0 aliphatic carbocycles. The number of hydrogen-bond donors (Lipinski definition) is 1. The van der Waals surface area contributed by atoms with Crippen molar-refractivity contribution >= 4 is 33.6 Å². The number of piperazine rings is 1. The molecule has 10 heteroatoms. The van der Waals surface area contributed by atoms with E-state index in [2.05, 4.69) is 29.5 Å². The first-order chi connectivity index (χ1) is 20.8. The quantitative estimate of drug-likeness (QED) is 0.303. The van der Waals surface area contributed by atoms with Gasteiger partial charge in [0.25, 0.3) is 0 Å². The van der Waals surface area contributed by atoms with E-state index < -0.39 is 0 Å². The van der Waals surface area contributed by atoms with Crippen LogP contribution in [0.5, 0.6) is 11.8 Å². The van der Waals surface area contributed by atoms with Crippen molar-refractivity contribution in [1.29, 1.82) is 5.26 Å². The fourth-order valence-corrected chi connectivity index (χ4v) is 6.43. The Morgan fingerprint density at radius 3 is 2.79 bits per heavy atom. The van der Waals surface area contributed by atoms with Crippen molar-refractivity contribution < 1.29 is 19.1 Å². The molecule has 1 N–H and O–H groups in total. The predicted molar refractivity (Wildman–Crippen MR) is 165 cm³/mol. The van der Waals surface area contributed by atoms with Crippen LogP contribution in [0.25, 0.3) is 33.0 Å². The maximum atomic E-state index is 12.6. The van der Waals surface area contributed by atoms with Gasteiger partial charge in [0.2, 0.25) is 5.91 Å². The standard InChI is InChI=1S/C33H36N6O4/c1-5-29(41)39-13-12-38(18-22(39)8-10-34)32-30-28(35-33(36-32)43-19-23-7-6-11-37(23)4)17-27(25-9-14-42-31(25)30)26-16-24(40)15-20(2)21(26)3/h5,9,14-17,22-23,40H,1,6-8,11-13,18-19H2,2-4H3/t22-,23?/m0/s1. The molecular formula is C33H36N6O4. The van der Waals surface area contributed by atoms with Crippen LogP contribution in [0.4, 0.5) is 5.82 Å². The van der Waals surface area contributed by atoms with Gasteiger partial charge in [-0.2, -0.15) is 15.2 Å². The Morgan fingerprint density at radius 1 is 1.21 bits per heavy atom. The summed E-state index contributed by atoms with van der Waals surface area (Å²) in [6.07, 6.45) is 5.32. The number of nitrogens with zero attached hydrogens (tertiary/aromatic N) is 6. The Morgan fingerprint density at radius 2 is 2.05 bits per heavy atom. The summed E-state index contributed by atoms with van der Waals surface area (Å²) >= 11 is 0. The van der Waals surface area contributed by atoms with Gasteiger partial charge in [-0.25, -0.2) is 0 Å². The number of ether oxygens (including phenoxy) is 1. The van der Waals surface area contributed by atoms with Gasteiger partial charge in [-0.1, -0.05) is 6.58 Å². The third kappa shape index (κ3) is 5.25. The van der Waals surface area contributed by atoms with E-state index in [0.717, 1.165) is 52.4 Å². The number of anilines is 1. The van der Waals surface area contributed by atoms with E-state index in [9.17, 15) is 15.2 Å². The zero-order valence-corrected chi connectivity index (χ0v) is 24.8. The number of nitriles is 1. The van der Waals surface area contributed by atoms with Gasteiger partial charge < -0.3 is 29.0 Å². The molecule has 2 aromatic heterocycles. The number of benzene rings is 2. The number of carbonyl (C=O) groups is 1. The highest BCUT2D eigenvalue weighted by Crippen LogP contribution is 2.42. The molecule has 2 saturated heterocycles. The number of phenolic OH excluding ortho intramolecular Hbond substituents is 1. The van der Waals surface area contributed by atoms with Gasteiger partial charge >= 0.3 is 6.01 Å². The van der Waals surface area contributed by atoms with Crippen LogP contribution in [-0.2, 0) is 4.79 Å². The normalized spacial score (nSPS) is 19.2. The van der Waals surface area contributed by atoms with Crippen molar-refractivity contribution in [1.82, 2.24) is 19.8 Å². The van der Waals surface area contributed by atoms with E-state index in [1.165, 1.54) is 6.08 Å². The molecule has 0 spiro atoms. The minimum Gasteiger partial charge on any atom is -0.508 e. The highest BCUT2D eigenvalue weighted by Gasteiger charge is 2.32. The summed E-state index contributed by atoms with van der Waals surface area (Å²) in [6, 6.07) is 9.93. The lowest BCUT2D eigenvalue weighted by Gasteiger charge is -2.41. The SMILES string of the molecule is C=CC(=O)N1CCN(c2nc(OCC3CCCN3C)nc3cc(-c4cc(O)cc(C)c4C)c4ccoc4c23)C[C@@H]1CC#N. The fraction of sp³-hybridized carbons (Fsp3) is 0.394. The molecule has 1 amide bonds. The van der Waals surface area contributed by atoms with Gasteiger partial charge in [-0.3, -0.25) is 4.79 Å². The van der Waals surface area contributed by atoms with Gasteiger partial charge in [-0.05, 0) is 92.9 Å². The van der Waals surface area contributed by atoms with Crippen molar-refractivity contribution in [2.75, 3.05) is 44.7 Å². The molecule has 2 aliphatic heterocycles. The average molecular weight is 581 g/mol. The molecule has 10 nitrogen and oxygen atoms in total. The zero-order chi connectivity index (χ0) is 30.2. The highest BCUT2D eigenvalue weighted by atomic mass is 16.5. The third-order valence-electron chi connectivity index (χ3n) is 8.95. The largest absolute Gasteiger partial charge is 0.508 e. The van der Waals surface area contributed by atoms with Crippen LogP contribution >= 0.6 is 0 Å². The first kappa shape index (κ1) is 28.5. The van der Waals surface area contributed by atoms with Crippen LogP contribution in [0.15, 0.2) is 47.6 Å². The smallest absolute Gasteiger partial charge is 0.319 e. The van der Waals surface area contributed by atoms with Crippen molar-refractivity contribution in [2.45, 2.75) is 45.2 Å². The number of hydrogen-bond acceptors (Lipinski definition) is 9. The number of fused-ring (bicyclic) bond motifs is 3. The second-order valence-electron chi connectivity index (χ2n) is 11.5. The molecule has 6 rings (SSSR count). The van der Waals surface area contributed by atoms with Gasteiger partial charge in [0.1, 0.15) is 23.8 Å². The van der Waals surface area contributed by atoms with Crippen LogP contribution < -0.4 is 9.64 Å². The second-order valence-corrected chi connectivity index (χ2v) is 11.5. The molecular weight excluding hydrogens is 544 g/mol. The Kier molecular flexibility index (Phi) is 7.67. The Labute approximate surface area is 250 Å². The van der Waals surface area contributed by atoms with E-state index in [0.29, 0.717) is 43.2 Å². The zero-order valence-electron chi connectivity index (χ0n) is 24.8. The Hall–Kier alpha value is -4.62. The molecule has 0 saturated carbocycles. The number of likely N-dealkylation sites (tertiary alicyclic amines) is 1. The minimum atomic E-state index is -0.324. The number of phenols is 1. The fourth-order valence-electron chi connectivity index (χ4n) is 6.43. The lowest BCUT2D eigenvalue weighted by atomic mass is 9.93. The molecule has 0 radical (unpaired) electrons. The summed E-state index contributed by atoms with van der Waals surface area (Å²) in [5.41, 5.74) is 5.10. The second kappa shape index (κ2) is 11.6. The van der Waals surface area contributed by atoms with Crippen LogP contribution in [0.3, 0.4) is 0 Å². The molecule has 0 bridgehead atoms. The summed E-state index contributed by atoms with van der Waals surface area (Å²) in [5, 5.41) is 21.7. The number of aryl methyl sites for hydroxylation is 1. The van der Waals surface area contributed by atoms with Crippen molar-refractivity contribution in [3.8, 4) is 29.0 Å². The maximum absolute atomic E-state index is 12.6. The van der Waals surface area contributed by atoms with E-state index in [-0.39, 0.29) is 36.2 Å². The van der Waals surface area contributed by atoms with Crippen LogP contribution in [-0.4, -0.2) is 82.7 Å². The summed E-state index contributed by atoms with van der Waals surface area (Å²) in [7, 11) is 2.10. The third-order valence-corrected chi connectivity index (χ3v) is 8.95. The number of aromatic hydroxyl groups is 1. The topological polar surface area (TPSA) is 119 Å². The molecule has 4 heterocycles. The van der Waals surface area contributed by atoms with E-state index in [1.807, 2.05) is 26.0 Å². The molecule has 43 heavy (non-hydrogen) atoms. The highest BCUT2D eigenvalue weighted by molar-refractivity contribution is 6.14. The minimum absolute atomic E-state index is 0.187. The lowest BCUT2D eigenvalue weighted by Crippen LogP contribution is -2.55. The summed E-state index contributed by atoms with van der Waals surface area (Å²) in [4.78, 5) is 28.5. The van der Waals surface area contributed by atoms with E-state index in [1.54, 1.807) is 23.3 Å². The Bertz CT molecular complexity index is 1760. The van der Waals surface area contributed by atoms with Crippen molar-refractivity contribution in [3.63, 3.8) is 0 Å². The molecule has 2 atom stereocenters. The maximum Gasteiger partial charge on any atom is 0.319 e. The van der Waals surface area contributed by atoms with E-state index >= 15 is 0 Å². The number of likely N-dealkylation sites (N-methyl/N-ethyl adjacent to an activating group) is 1. The first-order valence-electron chi connectivity index (χ1n) is 14.7. The van der Waals surface area contributed by atoms with Gasteiger partial charge in [-0.15, -0.1) is 0 Å². The number of carbonyl (C=O) groups excluding carboxylic acids is 1. The van der Waals surface area contributed by atoms with Crippen LogP contribution in [0.2, 0.25) is 0 Å². The molecule has 1 unspecified atom stereocenters. The summed E-state index contributed by atoms with van der Waals surface area (Å²) in [5.74, 6) is 0.647. The number of furan rings is 1. The number of amides is 1. The monoisotopic (exact) mass is 580 g/mol. The van der Waals surface area contributed by atoms with Gasteiger partial charge in [0, 0.05) is 31.1 Å². The number of rotatable bonds is 7. The van der Waals surface area contributed by atoms with Gasteiger partial charge in [0.15, 0.2) is 0 Å². The first-order valence-corrected chi connectivity index (χ1v) is 14.7. The average Bonchev–Trinajstić information content (AvgIpc) is 3.66.